The summed E-state index contributed by atoms with van der Waals surface area (Å²) in [6.45, 7) is 2.16. The molecule has 0 spiro atoms. The highest BCUT2D eigenvalue weighted by atomic mass is 16.5. The van der Waals surface area contributed by atoms with Gasteiger partial charge in [0.25, 0.3) is 0 Å². The molecule has 0 fully saturated rings. The molecule has 1 N–H and O–H groups in total. The highest BCUT2D eigenvalue weighted by Crippen LogP contribution is 2.33. The van der Waals surface area contributed by atoms with Crippen molar-refractivity contribution in [2.45, 2.75) is 18.9 Å². The summed E-state index contributed by atoms with van der Waals surface area (Å²) in [5, 5.41) is 10.5. The van der Waals surface area contributed by atoms with Gasteiger partial charge in [-0.25, -0.2) is 0 Å². The van der Waals surface area contributed by atoms with Crippen molar-refractivity contribution in [2.24, 2.45) is 0 Å². The lowest BCUT2D eigenvalue weighted by atomic mass is 9.91. The van der Waals surface area contributed by atoms with Crippen LogP contribution in [0.3, 0.4) is 0 Å². The Labute approximate surface area is 102 Å². The van der Waals surface area contributed by atoms with Crippen LogP contribution in [-0.2, 0) is 10.3 Å². The Morgan fingerprint density at radius 3 is 2.24 bits per heavy atom. The first-order valence-electron chi connectivity index (χ1n) is 5.55. The molecule has 0 saturated carbocycles. The van der Waals surface area contributed by atoms with Crippen LogP contribution in [0.4, 0.5) is 0 Å². The lowest BCUT2D eigenvalue weighted by Crippen LogP contribution is -2.30. The SMILES string of the molecule is CCC(O)(COC)c1ccc(OC)c(OC)c1. The van der Waals surface area contributed by atoms with Crippen molar-refractivity contribution >= 4 is 0 Å². The molecular formula is C13H20O4. The van der Waals surface area contributed by atoms with Gasteiger partial charge in [0, 0.05) is 7.11 Å². The van der Waals surface area contributed by atoms with Crippen LogP contribution in [0, 0.1) is 0 Å². The van der Waals surface area contributed by atoms with E-state index < -0.39 is 5.60 Å². The molecule has 4 nitrogen and oxygen atoms in total. The molecule has 0 saturated heterocycles. The fourth-order valence-corrected chi connectivity index (χ4v) is 1.75. The maximum Gasteiger partial charge on any atom is 0.161 e. The second-order valence-corrected chi connectivity index (χ2v) is 3.89. The summed E-state index contributed by atoms with van der Waals surface area (Å²) >= 11 is 0. The van der Waals surface area contributed by atoms with Gasteiger partial charge in [0.15, 0.2) is 11.5 Å². The van der Waals surface area contributed by atoms with Gasteiger partial charge in [0.2, 0.25) is 0 Å². The fraction of sp³-hybridized carbons (Fsp3) is 0.538. The molecule has 1 aromatic carbocycles. The van der Waals surface area contributed by atoms with Gasteiger partial charge in [-0.2, -0.15) is 0 Å². The summed E-state index contributed by atoms with van der Waals surface area (Å²) in [6.07, 6.45) is 0.566. The van der Waals surface area contributed by atoms with Gasteiger partial charge in [-0.3, -0.25) is 0 Å². The minimum Gasteiger partial charge on any atom is -0.493 e. The molecule has 0 heterocycles. The van der Waals surface area contributed by atoms with Crippen molar-refractivity contribution in [1.82, 2.24) is 0 Å². The van der Waals surface area contributed by atoms with E-state index in [2.05, 4.69) is 0 Å². The van der Waals surface area contributed by atoms with Crippen molar-refractivity contribution in [3.63, 3.8) is 0 Å². The summed E-state index contributed by atoms with van der Waals surface area (Å²) in [4.78, 5) is 0. The van der Waals surface area contributed by atoms with Crippen molar-refractivity contribution in [3.05, 3.63) is 23.8 Å². The van der Waals surface area contributed by atoms with E-state index in [0.717, 1.165) is 5.56 Å². The van der Waals surface area contributed by atoms with E-state index in [1.807, 2.05) is 13.0 Å². The number of rotatable bonds is 6. The van der Waals surface area contributed by atoms with Crippen LogP contribution in [0.5, 0.6) is 11.5 Å². The number of hydrogen-bond donors (Lipinski definition) is 1. The van der Waals surface area contributed by atoms with Gasteiger partial charge in [-0.05, 0) is 24.1 Å². The van der Waals surface area contributed by atoms with Crippen LogP contribution in [0.1, 0.15) is 18.9 Å². The van der Waals surface area contributed by atoms with Crippen molar-refractivity contribution in [3.8, 4) is 11.5 Å². The molecule has 0 radical (unpaired) electrons. The molecule has 96 valence electrons. The number of methoxy groups -OCH3 is 3. The molecule has 0 amide bonds. The number of hydrogen-bond acceptors (Lipinski definition) is 4. The Bertz CT molecular complexity index is 364. The zero-order valence-electron chi connectivity index (χ0n) is 10.8. The van der Waals surface area contributed by atoms with Crippen LogP contribution in [0.15, 0.2) is 18.2 Å². The van der Waals surface area contributed by atoms with Crippen molar-refractivity contribution in [2.75, 3.05) is 27.9 Å². The van der Waals surface area contributed by atoms with E-state index in [-0.39, 0.29) is 6.61 Å². The number of aliphatic hydroxyl groups is 1. The minimum absolute atomic E-state index is 0.249. The Hall–Kier alpha value is -1.26. The maximum absolute atomic E-state index is 10.5. The minimum atomic E-state index is -0.992. The monoisotopic (exact) mass is 240 g/mol. The average Bonchev–Trinajstić information content (AvgIpc) is 2.38. The van der Waals surface area contributed by atoms with Crippen LogP contribution < -0.4 is 9.47 Å². The molecular weight excluding hydrogens is 220 g/mol. The molecule has 4 heteroatoms. The molecule has 0 aliphatic carbocycles. The Morgan fingerprint density at radius 2 is 1.76 bits per heavy atom. The predicted molar refractivity (Wildman–Crippen MR) is 65.6 cm³/mol. The topological polar surface area (TPSA) is 47.9 Å². The molecule has 0 aromatic heterocycles. The van der Waals surface area contributed by atoms with Crippen LogP contribution in [0.2, 0.25) is 0 Å². The first kappa shape index (κ1) is 13.8. The van der Waals surface area contributed by atoms with Crippen LogP contribution in [0.25, 0.3) is 0 Å². The number of benzene rings is 1. The van der Waals surface area contributed by atoms with Gasteiger partial charge in [0.1, 0.15) is 5.60 Å². The van der Waals surface area contributed by atoms with Gasteiger partial charge in [0.05, 0.1) is 20.8 Å². The second-order valence-electron chi connectivity index (χ2n) is 3.89. The third-order valence-corrected chi connectivity index (χ3v) is 2.89. The molecule has 1 rings (SSSR count). The van der Waals surface area contributed by atoms with E-state index >= 15 is 0 Å². The average molecular weight is 240 g/mol. The van der Waals surface area contributed by atoms with Gasteiger partial charge >= 0.3 is 0 Å². The van der Waals surface area contributed by atoms with Crippen LogP contribution in [-0.4, -0.2) is 33.0 Å². The third kappa shape index (κ3) is 2.90. The lowest BCUT2D eigenvalue weighted by Gasteiger charge is -2.27. The second kappa shape index (κ2) is 5.89. The van der Waals surface area contributed by atoms with Crippen molar-refractivity contribution in [1.29, 1.82) is 0 Å². The Kier molecular flexibility index (Phi) is 4.78. The first-order valence-corrected chi connectivity index (χ1v) is 5.55. The first-order chi connectivity index (χ1) is 8.11. The highest BCUT2D eigenvalue weighted by molar-refractivity contribution is 5.44. The Balaban J connectivity index is 3.13. The summed E-state index contributed by atoms with van der Waals surface area (Å²) in [5.41, 5.74) is -0.228. The van der Waals surface area contributed by atoms with Gasteiger partial charge < -0.3 is 19.3 Å². The molecule has 1 aromatic rings. The smallest absolute Gasteiger partial charge is 0.161 e. The molecule has 0 bridgehead atoms. The van der Waals surface area contributed by atoms with Crippen molar-refractivity contribution < 1.29 is 19.3 Å². The summed E-state index contributed by atoms with van der Waals surface area (Å²) in [7, 11) is 4.73. The van der Waals surface area contributed by atoms with Crippen LogP contribution >= 0.6 is 0 Å². The molecule has 0 aliphatic rings. The van der Waals surface area contributed by atoms with E-state index in [4.69, 9.17) is 14.2 Å². The standard InChI is InChI=1S/C13H20O4/c1-5-13(14,9-15-2)10-6-7-11(16-3)12(8-10)17-4/h6-8,14H,5,9H2,1-4H3. The molecule has 1 atom stereocenters. The van der Waals surface area contributed by atoms with Gasteiger partial charge in [-0.1, -0.05) is 13.0 Å². The highest BCUT2D eigenvalue weighted by Gasteiger charge is 2.28. The van der Waals surface area contributed by atoms with E-state index in [1.165, 1.54) is 0 Å². The van der Waals surface area contributed by atoms with Gasteiger partial charge in [-0.15, -0.1) is 0 Å². The van der Waals surface area contributed by atoms with E-state index in [1.54, 1.807) is 33.5 Å². The summed E-state index contributed by atoms with van der Waals surface area (Å²) in [5.74, 6) is 1.25. The quantitative estimate of drug-likeness (QED) is 0.825. The fourth-order valence-electron chi connectivity index (χ4n) is 1.75. The zero-order chi connectivity index (χ0) is 12.9. The summed E-state index contributed by atoms with van der Waals surface area (Å²) in [6, 6.07) is 5.38. The molecule has 1 unspecified atom stereocenters. The largest absolute Gasteiger partial charge is 0.493 e. The summed E-state index contributed by atoms with van der Waals surface area (Å²) < 4.78 is 15.4. The normalized spacial score (nSPS) is 14.2. The van der Waals surface area contributed by atoms with E-state index in [0.29, 0.717) is 17.9 Å². The third-order valence-electron chi connectivity index (χ3n) is 2.89. The lowest BCUT2D eigenvalue weighted by molar-refractivity contribution is -0.0387. The predicted octanol–water partition coefficient (Wildman–Crippen LogP) is 1.95. The maximum atomic E-state index is 10.5. The van der Waals surface area contributed by atoms with E-state index in [9.17, 15) is 5.11 Å². The molecule has 17 heavy (non-hydrogen) atoms. The molecule has 0 aliphatic heterocycles. The Morgan fingerprint density at radius 1 is 1.12 bits per heavy atom. The number of ether oxygens (including phenoxy) is 3. The zero-order valence-corrected chi connectivity index (χ0v) is 10.8.